The molecule has 0 spiro atoms. The number of nitrogens with zero attached hydrogens (tertiary/aromatic N) is 6. The van der Waals surface area contributed by atoms with Gasteiger partial charge in [0, 0.05) is 63.3 Å². The maximum Gasteiger partial charge on any atom is 0.255 e. The first-order chi connectivity index (χ1) is 13.6. The Bertz CT molecular complexity index is 827. The van der Waals surface area contributed by atoms with Crippen LogP contribution in [0.3, 0.4) is 0 Å². The van der Waals surface area contributed by atoms with Gasteiger partial charge in [0.2, 0.25) is 11.8 Å². The Kier molecular flexibility index (Phi) is 5.27. The van der Waals surface area contributed by atoms with Crippen LogP contribution >= 0.6 is 0 Å². The van der Waals surface area contributed by atoms with Gasteiger partial charge >= 0.3 is 0 Å². The summed E-state index contributed by atoms with van der Waals surface area (Å²) in [6.07, 6.45) is 4.01. The van der Waals surface area contributed by atoms with Crippen LogP contribution in [0.15, 0.2) is 24.4 Å². The third kappa shape index (κ3) is 3.85. The Balaban J connectivity index is 1.41. The van der Waals surface area contributed by atoms with E-state index >= 15 is 0 Å². The van der Waals surface area contributed by atoms with Gasteiger partial charge in [-0.15, -0.1) is 0 Å². The molecule has 148 valence electrons. The summed E-state index contributed by atoms with van der Waals surface area (Å²) < 4.78 is 5.05. The van der Waals surface area contributed by atoms with E-state index in [0.29, 0.717) is 24.5 Å². The van der Waals surface area contributed by atoms with Crippen LogP contribution in [0, 0.1) is 6.92 Å². The summed E-state index contributed by atoms with van der Waals surface area (Å²) in [5.74, 6) is 2.28. The molecule has 0 radical (unpaired) electrons. The zero-order valence-electron chi connectivity index (χ0n) is 16.5. The number of pyridine rings is 1. The second-order valence-corrected chi connectivity index (χ2v) is 7.23. The molecular formula is C20H26N6O2. The SMILES string of the molecule is COc1ccc(C(=O)N2CCN(c3nc(C)cc(N4CCCC4)n3)CC2)cn1. The molecule has 28 heavy (non-hydrogen) atoms. The number of anilines is 2. The third-order valence-electron chi connectivity index (χ3n) is 5.30. The highest BCUT2D eigenvalue weighted by Crippen LogP contribution is 2.22. The largest absolute Gasteiger partial charge is 0.481 e. The Labute approximate surface area is 165 Å². The molecule has 0 saturated carbocycles. The van der Waals surface area contributed by atoms with Gasteiger partial charge < -0.3 is 19.4 Å². The number of methoxy groups -OCH3 is 1. The van der Waals surface area contributed by atoms with Gasteiger partial charge in [0.1, 0.15) is 5.82 Å². The summed E-state index contributed by atoms with van der Waals surface area (Å²) in [7, 11) is 1.56. The van der Waals surface area contributed by atoms with E-state index in [1.54, 1.807) is 25.4 Å². The minimum absolute atomic E-state index is 0.00211. The van der Waals surface area contributed by atoms with Crippen molar-refractivity contribution in [2.24, 2.45) is 0 Å². The molecule has 2 aliphatic heterocycles. The van der Waals surface area contributed by atoms with E-state index in [9.17, 15) is 4.79 Å². The van der Waals surface area contributed by atoms with Gasteiger partial charge in [-0.3, -0.25) is 4.79 Å². The molecule has 0 N–H and O–H groups in total. The normalized spacial score (nSPS) is 17.1. The molecule has 0 atom stereocenters. The van der Waals surface area contributed by atoms with E-state index in [0.717, 1.165) is 43.6 Å². The minimum atomic E-state index is -0.00211. The molecule has 4 rings (SSSR count). The fourth-order valence-electron chi connectivity index (χ4n) is 3.71. The van der Waals surface area contributed by atoms with Crippen LogP contribution in [0.4, 0.5) is 11.8 Å². The third-order valence-corrected chi connectivity index (χ3v) is 5.30. The summed E-state index contributed by atoms with van der Waals surface area (Å²) in [6, 6.07) is 5.53. The smallest absolute Gasteiger partial charge is 0.255 e. The molecule has 2 aliphatic rings. The van der Waals surface area contributed by atoms with Crippen molar-refractivity contribution in [3.63, 3.8) is 0 Å². The van der Waals surface area contributed by atoms with Gasteiger partial charge in [-0.1, -0.05) is 0 Å². The van der Waals surface area contributed by atoms with Crippen LogP contribution in [-0.2, 0) is 0 Å². The quantitative estimate of drug-likeness (QED) is 0.797. The number of rotatable bonds is 4. The number of amides is 1. The van der Waals surface area contributed by atoms with E-state index in [1.165, 1.54) is 12.8 Å². The molecule has 0 unspecified atom stereocenters. The van der Waals surface area contributed by atoms with Gasteiger partial charge in [-0.05, 0) is 25.8 Å². The molecule has 0 aromatic carbocycles. The second kappa shape index (κ2) is 8.00. The first-order valence-electron chi connectivity index (χ1n) is 9.79. The number of ether oxygens (including phenoxy) is 1. The lowest BCUT2D eigenvalue weighted by Gasteiger charge is -2.35. The molecule has 0 aliphatic carbocycles. The van der Waals surface area contributed by atoms with Crippen molar-refractivity contribution in [2.45, 2.75) is 19.8 Å². The topological polar surface area (TPSA) is 74.7 Å². The van der Waals surface area contributed by atoms with Crippen molar-refractivity contribution in [1.82, 2.24) is 19.9 Å². The standard InChI is InChI=1S/C20H26N6O2/c1-15-13-17(24-7-3-4-8-24)23-20(22-15)26-11-9-25(10-12-26)19(27)16-5-6-18(28-2)21-14-16/h5-6,13-14H,3-4,7-12H2,1-2H3. The molecule has 0 bridgehead atoms. The Morgan fingerprint density at radius 2 is 1.75 bits per heavy atom. The average molecular weight is 382 g/mol. The summed E-state index contributed by atoms with van der Waals surface area (Å²) >= 11 is 0. The number of aryl methyl sites for hydroxylation is 1. The van der Waals surface area contributed by atoms with Gasteiger partial charge in [0.25, 0.3) is 5.91 Å². The molecule has 8 heteroatoms. The zero-order chi connectivity index (χ0) is 19.5. The van der Waals surface area contributed by atoms with Crippen LogP contribution < -0.4 is 14.5 Å². The lowest BCUT2D eigenvalue weighted by Crippen LogP contribution is -2.49. The lowest BCUT2D eigenvalue weighted by atomic mass is 10.2. The predicted octanol–water partition coefficient (Wildman–Crippen LogP) is 1.75. The van der Waals surface area contributed by atoms with E-state index in [1.807, 2.05) is 11.8 Å². The number of hydrogen-bond donors (Lipinski definition) is 0. The molecule has 1 amide bonds. The Hall–Kier alpha value is -2.90. The number of carbonyl (C=O) groups is 1. The monoisotopic (exact) mass is 382 g/mol. The first kappa shape index (κ1) is 18.5. The molecule has 2 fully saturated rings. The maximum atomic E-state index is 12.7. The van der Waals surface area contributed by atoms with Gasteiger partial charge in [-0.2, -0.15) is 4.98 Å². The van der Waals surface area contributed by atoms with Crippen LogP contribution in [0.2, 0.25) is 0 Å². The molecule has 4 heterocycles. The van der Waals surface area contributed by atoms with E-state index in [-0.39, 0.29) is 5.91 Å². The lowest BCUT2D eigenvalue weighted by molar-refractivity contribution is 0.0745. The first-order valence-corrected chi connectivity index (χ1v) is 9.79. The number of hydrogen-bond acceptors (Lipinski definition) is 7. The summed E-state index contributed by atoms with van der Waals surface area (Å²) in [4.78, 5) is 32.6. The van der Waals surface area contributed by atoms with Crippen LogP contribution in [0.5, 0.6) is 5.88 Å². The van der Waals surface area contributed by atoms with Gasteiger partial charge in [0.15, 0.2) is 0 Å². The molecule has 2 saturated heterocycles. The van der Waals surface area contributed by atoms with E-state index < -0.39 is 0 Å². The summed E-state index contributed by atoms with van der Waals surface area (Å²) in [5.41, 5.74) is 1.56. The number of carbonyl (C=O) groups excluding carboxylic acids is 1. The van der Waals surface area contributed by atoms with Crippen molar-refractivity contribution < 1.29 is 9.53 Å². The predicted molar refractivity (Wildman–Crippen MR) is 107 cm³/mol. The highest BCUT2D eigenvalue weighted by Gasteiger charge is 2.25. The van der Waals surface area contributed by atoms with Crippen LogP contribution in [-0.4, -0.2) is 72.1 Å². The van der Waals surface area contributed by atoms with Crippen molar-refractivity contribution in [1.29, 1.82) is 0 Å². The number of piperazine rings is 1. The molecular weight excluding hydrogens is 356 g/mol. The van der Waals surface area contributed by atoms with Crippen molar-refractivity contribution in [3.8, 4) is 5.88 Å². The molecule has 2 aromatic heterocycles. The van der Waals surface area contributed by atoms with Crippen molar-refractivity contribution in [3.05, 3.63) is 35.7 Å². The highest BCUT2D eigenvalue weighted by atomic mass is 16.5. The van der Waals surface area contributed by atoms with Crippen molar-refractivity contribution >= 4 is 17.7 Å². The molecule has 2 aromatic rings. The maximum absolute atomic E-state index is 12.7. The summed E-state index contributed by atoms with van der Waals surface area (Å²) in [5, 5.41) is 0. The van der Waals surface area contributed by atoms with Crippen molar-refractivity contribution in [2.75, 3.05) is 56.2 Å². The minimum Gasteiger partial charge on any atom is -0.481 e. The van der Waals surface area contributed by atoms with Crippen LogP contribution in [0.25, 0.3) is 0 Å². The van der Waals surface area contributed by atoms with Gasteiger partial charge in [-0.25, -0.2) is 9.97 Å². The fourth-order valence-corrected chi connectivity index (χ4v) is 3.71. The van der Waals surface area contributed by atoms with Crippen LogP contribution in [0.1, 0.15) is 28.9 Å². The van der Waals surface area contributed by atoms with E-state index in [2.05, 4.69) is 25.8 Å². The highest BCUT2D eigenvalue weighted by molar-refractivity contribution is 5.94. The fraction of sp³-hybridized carbons (Fsp3) is 0.500. The second-order valence-electron chi connectivity index (χ2n) is 7.23. The number of aromatic nitrogens is 3. The molecule has 8 nitrogen and oxygen atoms in total. The Morgan fingerprint density at radius 1 is 1.00 bits per heavy atom. The average Bonchev–Trinajstić information content (AvgIpc) is 3.28. The zero-order valence-corrected chi connectivity index (χ0v) is 16.5. The Morgan fingerprint density at radius 3 is 2.39 bits per heavy atom. The van der Waals surface area contributed by atoms with E-state index in [4.69, 9.17) is 9.72 Å². The van der Waals surface area contributed by atoms with Gasteiger partial charge in [0.05, 0.1) is 12.7 Å². The summed E-state index contributed by atoms with van der Waals surface area (Å²) in [6.45, 7) is 6.86.